The SMILES string of the molecule is CCCCC#CC(SCCSCCCC)(C(C)C)C(O)c1ccc(Br)cc1. The lowest BCUT2D eigenvalue weighted by atomic mass is 9.85. The third-order valence-electron chi connectivity index (χ3n) is 4.60. The van der Waals surface area contributed by atoms with Gasteiger partial charge in [-0.3, -0.25) is 0 Å². The summed E-state index contributed by atoms with van der Waals surface area (Å²) in [6, 6.07) is 8.02. The largest absolute Gasteiger partial charge is 0.386 e. The highest BCUT2D eigenvalue weighted by Crippen LogP contribution is 2.44. The Morgan fingerprint density at radius 1 is 1.04 bits per heavy atom. The van der Waals surface area contributed by atoms with E-state index in [1.54, 1.807) is 0 Å². The van der Waals surface area contributed by atoms with Crippen molar-refractivity contribution in [2.75, 3.05) is 17.3 Å². The Morgan fingerprint density at radius 3 is 2.30 bits per heavy atom. The van der Waals surface area contributed by atoms with Crippen molar-refractivity contribution in [3.8, 4) is 11.8 Å². The standard InChI is InChI=1S/C23H35BrOS2/c1-5-7-9-10-15-23(19(3)4,27-18-17-26-16-8-6-2)22(25)20-11-13-21(24)14-12-20/h11-14,19,22,25H,5-9,16-18H2,1-4H3. The maximum Gasteiger partial charge on any atom is 0.109 e. The zero-order valence-electron chi connectivity index (χ0n) is 17.3. The quantitative estimate of drug-likeness (QED) is 0.254. The molecule has 0 saturated heterocycles. The second-order valence-corrected chi connectivity index (χ2v) is 10.6. The maximum atomic E-state index is 11.3. The van der Waals surface area contributed by atoms with Gasteiger partial charge in [-0.25, -0.2) is 0 Å². The van der Waals surface area contributed by atoms with Crippen LogP contribution in [0.25, 0.3) is 0 Å². The predicted molar refractivity (Wildman–Crippen MR) is 129 cm³/mol. The first-order valence-electron chi connectivity index (χ1n) is 10.1. The molecule has 0 fully saturated rings. The van der Waals surface area contributed by atoms with Crippen LogP contribution in [0.1, 0.15) is 71.5 Å². The van der Waals surface area contributed by atoms with E-state index >= 15 is 0 Å². The van der Waals surface area contributed by atoms with E-state index in [-0.39, 0.29) is 5.92 Å². The van der Waals surface area contributed by atoms with Gasteiger partial charge in [0.25, 0.3) is 0 Å². The van der Waals surface area contributed by atoms with Crippen LogP contribution >= 0.6 is 39.5 Å². The van der Waals surface area contributed by atoms with Crippen molar-refractivity contribution in [1.82, 2.24) is 0 Å². The van der Waals surface area contributed by atoms with E-state index < -0.39 is 10.9 Å². The Bertz CT molecular complexity index is 576. The van der Waals surface area contributed by atoms with Crippen molar-refractivity contribution in [1.29, 1.82) is 0 Å². The van der Waals surface area contributed by atoms with Crippen molar-refractivity contribution in [3.05, 3.63) is 34.3 Å². The minimum Gasteiger partial charge on any atom is -0.386 e. The molecular formula is C23H35BrOS2. The fourth-order valence-electron chi connectivity index (χ4n) is 2.79. The van der Waals surface area contributed by atoms with Crippen LogP contribution < -0.4 is 0 Å². The Morgan fingerprint density at radius 2 is 1.70 bits per heavy atom. The summed E-state index contributed by atoms with van der Waals surface area (Å²) in [6.07, 6.45) is 5.12. The number of rotatable bonds is 12. The first kappa shape index (κ1) is 25.0. The molecule has 0 amide bonds. The summed E-state index contributed by atoms with van der Waals surface area (Å²) < 4.78 is 0.565. The minimum atomic E-state index is -0.592. The van der Waals surface area contributed by atoms with E-state index in [2.05, 4.69) is 55.5 Å². The number of thioether (sulfide) groups is 2. The minimum absolute atomic E-state index is 0.260. The van der Waals surface area contributed by atoms with Crippen molar-refractivity contribution >= 4 is 39.5 Å². The summed E-state index contributed by atoms with van der Waals surface area (Å²) in [6.45, 7) is 8.80. The van der Waals surface area contributed by atoms with Crippen LogP contribution in [-0.4, -0.2) is 27.1 Å². The van der Waals surface area contributed by atoms with Crippen molar-refractivity contribution in [2.45, 2.75) is 70.7 Å². The lowest BCUT2D eigenvalue weighted by Gasteiger charge is -2.37. The van der Waals surface area contributed by atoms with Crippen molar-refractivity contribution < 1.29 is 5.11 Å². The molecule has 0 aliphatic carbocycles. The van der Waals surface area contributed by atoms with Gasteiger partial charge < -0.3 is 5.11 Å². The van der Waals surface area contributed by atoms with Crippen molar-refractivity contribution in [2.24, 2.45) is 5.92 Å². The van der Waals surface area contributed by atoms with Gasteiger partial charge in [0.15, 0.2) is 0 Å². The molecule has 152 valence electrons. The molecular weight excluding hydrogens is 436 g/mol. The molecule has 0 aromatic heterocycles. The highest BCUT2D eigenvalue weighted by atomic mass is 79.9. The van der Waals surface area contributed by atoms with Crippen LogP contribution in [0.2, 0.25) is 0 Å². The number of halogens is 1. The van der Waals surface area contributed by atoms with Crippen LogP contribution in [0.15, 0.2) is 28.7 Å². The zero-order valence-corrected chi connectivity index (χ0v) is 20.5. The Hall–Kier alpha value is -0.0800. The van der Waals surface area contributed by atoms with E-state index in [4.69, 9.17) is 0 Å². The second-order valence-electron chi connectivity index (χ2n) is 7.12. The van der Waals surface area contributed by atoms with E-state index in [1.165, 1.54) is 18.6 Å². The summed E-state index contributed by atoms with van der Waals surface area (Å²) in [4.78, 5) is 0. The van der Waals surface area contributed by atoms with E-state index in [1.807, 2.05) is 47.8 Å². The normalized spacial score (nSPS) is 14.5. The van der Waals surface area contributed by atoms with Crippen LogP contribution in [0.5, 0.6) is 0 Å². The van der Waals surface area contributed by atoms with Gasteiger partial charge in [0.05, 0.1) is 0 Å². The number of benzene rings is 1. The average Bonchev–Trinajstić information content (AvgIpc) is 2.66. The van der Waals surface area contributed by atoms with Crippen LogP contribution in [0.3, 0.4) is 0 Å². The van der Waals surface area contributed by atoms with Gasteiger partial charge in [0.2, 0.25) is 0 Å². The average molecular weight is 472 g/mol. The summed E-state index contributed by atoms with van der Waals surface area (Å²) in [5, 5.41) is 11.3. The molecule has 0 radical (unpaired) electrons. The molecule has 4 heteroatoms. The van der Waals surface area contributed by atoms with Gasteiger partial charge in [-0.05, 0) is 42.2 Å². The highest BCUT2D eigenvalue weighted by Gasteiger charge is 2.41. The van der Waals surface area contributed by atoms with Gasteiger partial charge in [0.1, 0.15) is 10.9 Å². The molecule has 0 spiro atoms. The van der Waals surface area contributed by atoms with Crippen LogP contribution in [-0.2, 0) is 0 Å². The maximum absolute atomic E-state index is 11.3. The van der Waals surface area contributed by atoms with Crippen LogP contribution in [0.4, 0.5) is 0 Å². The topological polar surface area (TPSA) is 20.2 Å². The van der Waals surface area contributed by atoms with Gasteiger partial charge >= 0.3 is 0 Å². The molecule has 1 nitrogen and oxygen atoms in total. The second kappa shape index (κ2) is 14.0. The van der Waals surface area contributed by atoms with Crippen molar-refractivity contribution in [3.63, 3.8) is 0 Å². The molecule has 1 aromatic rings. The fourth-order valence-corrected chi connectivity index (χ4v) is 5.66. The highest BCUT2D eigenvalue weighted by molar-refractivity contribution is 9.10. The molecule has 1 aromatic carbocycles. The third-order valence-corrected chi connectivity index (χ3v) is 8.14. The first-order chi connectivity index (χ1) is 13.0. The number of hydrogen-bond acceptors (Lipinski definition) is 3. The van der Waals surface area contributed by atoms with Gasteiger partial charge in [0, 0.05) is 22.4 Å². The monoisotopic (exact) mass is 470 g/mol. The molecule has 2 atom stereocenters. The van der Waals surface area contributed by atoms with E-state index in [0.29, 0.717) is 0 Å². The number of hydrogen-bond donors (Lipinski definition) is 1. The number of aliphatic hydroxyl groups is 1. The van der Waals surface area contributed by atoms with Crippen LogP contribution in [0, 0.1) is 17.8 Å². The lowest BCUT2D eigenvalue weighted by Crippen LogP contribution is -2.38. The van der Waals surface area contributed by atoms with E-state index in [0.717, 1.165) is 40.8 Å². The summed E-state index contributed by atoms with van der Waals surface area (Å²) >= 11 is 7.35. The predicted octanol–water partition coefficient (Wildman–Crippen LogP) is 7.34. The first-order valence-corrected chi connectivity index (χ1v) is 13.1. The third kappa shape index (κ3) is 8.44. The molecule has 0 bridgehead atoms. The number of aliphatic hydroxyl groups excluding tert-OH is 1. The summed E-state index contributed by atoms with van der Waals surface area (Å²) in [7, 11) is 0. The molecule has 0 aliphatic heterocycles. The molecule has 0 saturated carbocycles. The zero-order chi connectivity index (χ0) is 20.1. The van der Waals surface area contributed by atoms with Gasteiger partial charge in [-0.1, -0.05) is 74.5 Å². The molecule has 0 heterocycles. The van der Waals surface area contributed by atoms with Gasteiger partial charge in [-0.2, -0.15) is 11.8 Å². The fraction of sp³-hybridized carbons (Fsp3) is 0.652. The molecule has 2 unspecified atom stereocenters. The molecule has 1 rings (SSSR count). The molecule has 1 N–H and O–H groups in total. The Balaban J connectivity index is 2.99. The summed E-state index contributed by atoms with van der Waals surface area (Å²) in [5.74, 6) is 10.5. The van der Waals surface area contributed by atoms with E-state index in [9.17, 15) is 5.11 Å². The molecule has 27 heavy (non-hydrogen) atoms. The Kier molecular flexibility index (Phi) is 12.9. The van der Waals surface area contributed by atoms with Gasteiger partial charge in [-0.15, -0.1) is 17.7 Å². The lowest BCUT2D eigenvalue weighted by molar-refractivity contribution is 0.132. The number of unbranched alkanes of at least 4 members (excludes halogenated alkanes) is 3. The smallest absolute Gasteiger partial charge is 0.109 e. The molecule has 0 aliphatic rings. The Labute approximate surface area is 184 Å². The summed E-state index contributed by atoms with van der Waals surface area (Å²) in [5.41, 5.74) is 0.947.